The number of nitrogens with zero attached hydrogens (tertiary/aromatic N) is 1. The van der Waals surface area contributed by atoms with Crippen molar-refractivity contribution in [3.05, 3.63) is 0 Å². The quantitative estimate of drug-likeness (QED) is 0.769. The Morgan fingerprint density at radius 2 is 1.81 bits per heavy atom. The minimum atomic E-state index is -1.16. The molecule has 21 heavy (non-hydrogen) atoms. The molecule has 2 unspecified atom stereocenters. The van der Waals surface area contributed by atoms with E-state index < -0.39 is 29.4 Å². The van der Waals surface area contributed by atoms with Crippen molar-refractivity contribution in [3.63, 3.8) is 0 Å². The van der Waals surface area contributed by atoms with E-state index in [0.717, 1.165) is 19.3 Å². The van der Waals surface area contributed by atoms with Gasteiger partial charge in [-0.1, -0.05) is 0 Å². The number of carbonyl (C=O) groups is 3. The first-order valence-electron chi connectivity index (χ1n) is 7.17. The molecule has 1 amide bonds. The zero-order chi connectivity index (χ0) is 15.6. The van der Waals surface area contributed by atoms with Crippen molar-refractivity contribution in [2.24, 2.45) is 11.8 Å². The summed E-state index contributed by atoms with van der Waals surface area (Å²) in [5.74, 6) is -4.38. The maximum atomic E-state index is 12.3. The van der Waals surface area contributed by atoms with Crippen LogP contribution >= 0.6 is 0 Å². The second-order valence-electron chi connectivity index (χ2n) is 5.94. The van der Waals surface area contributed by atoms with Gasteiger partial charge in [0.15, 0.2) is 0 Å². The van der Waals surface area contributed by atoms with Gasteiger partial charge in [0.2, 0.25) is 5.91 Å². The highest BCUT2D eigenvalue weighted by Crippen LogP contribution is 2.38. The number of carboxylic acid groups (broad SMARTS) is 2. The molecule has 1 aliphatic carbocycles. The molecule has 7 nitrogen and oxygen atoms in total. The number of likely N-dealkylation sites (tertiary alicyclic amines) is 1. The van der Waals surface area contributed by atoms with Gasteiger partial charge in [0, 0.05) is 20.2 Å². The molecule has 0 aromatic rings. The fourth-order valence-electron chi connectivity index (χ4n) is 3.14. The predicted molar refractivity (Wildman–Crippen MR) is 71.7 cm³/mol. The lowest BCUT2D eigenvalue weighted by molar-refractivity contribution is -0.161. The molecular weight excluding hydrogens is 278 g/mol. The van der Waals surface area contributed by atoms with Crippen LogP contribution in [-0.4, -0.2) is 58.8 Å². The fourth-order valence-corrected chi connectivity index (χ4v) is 3.14. The van der Waals surface area contributed by atoms with Gasteiger partial charge in [-0.2, -0.15) is 0 Å². The third-order valence-corrected chi connectivity index (χ3v) is 4.77. The Kier molecular flexibility index (Phi) is 4.51. The predicted octanol–water partition coefficient (Wildman–Crippen LogP) is 0.579. The standard InChI is InChI=1S/C14H21NO6/c1-21-14(4-2-5-14)7-11(16)15-6-3-9(12(17)18)10(8-15)13(19)20/h9-10H,2-8H2,1H3,(H,17,18)(H,19,20). The molecule has 0 bridgehead atoms. The van der Waals surface area contributed by atoms with E-state index in [0.29, 0.717) is 6.54 Å². The van der Waals surface area contributed by atoms with E-state index in [1.54, 1.807) is 7.11 Å². The largest absolute Gasteiger partial charge is 0.481 e. The molecule has 0 aromatic heterocycles. The summed E-state index contributed by atoms with van der Waals surface area (Å²) < 4.78 is 5.41. The summed E-state index contributed by atoms with van der Waals surface area (Å²) >= 11 is 0. The molecule has 0 spiro atoms. The fraction of sp³-hybridized carbons (Fsp3) is 0.786. The van der Waals surface area contributed by atoms with Crippen LogP contribution in [0.5, 0.6) is 0 Å². The average molecular weight is 299 g/mol. The van der Waals surface area contributed by atoms with E-state index in [9.17, 15) is 14.4 Å². The van der Waals surface area contributed by atoms with Gasteiger partial charge in [0.1, 0.15) is 0 Å². The molecule has 2 atom stereocenters. The zero-order valence-corrected chi connectivity index (χ0v) is 12.1. The number of aliphatic carboxylic acids is 2. The first-order chi connectivity index (χ1) is 9.88. The Bertz CT molecular complexity index is 439. The number of hydrogen-bond acceptors (Lipinski definition) is 4. The number of carboxylic acids is 2. The average Bonchev–Trinajstić information content (AvgIpc) is 2.41. The van der Waals surface area contributed by atoms with Crippen LogP contribution in [0.25, 0.3) is 0 Å². The van der Waals surface area contributed by atoms with Gasteiger partial charge in [0.25, 0.3) is 0 Å². The number of rotatable bonds is 5. The van der Waals surface area contributed by atoms with Gasteiger partial charge < -0.3 is 19.8 Å². The van der Waals surface area contributed by atoms with Crippen molar-refractivity contribution >= 4 is 17.8 Å². The smallest absolute Gasteiger partial charge is 0.309 e. The van der Waals surface area contributed by atoms with Gasteiger partial charge in [0.05, 0.1) is 23.9 Å². The van der Waals surface area contributed by atoms with Crippen molar-refractivity contribution in [1.82, 2.24) is 4.90 Å². The lowest BCUT2D eigenvalue weighted by Crippen LogP contribution is -2.51. The minimum absolute atomic E-state index is 0.0368. The highest BCUT2D eigenvalue weighted by molar-refractivity contribution is 5.83. The molecule has 2 rings (SSSR count). The number of hydrogen-bond donors (Lipinski definition) is 2. The van der Waals surface area contributed by atoms with E-state index in [1.807, 2.05) is 0 Å². The van der Waals surface area contributed by atoms with Crippen LogP contribution < -0.4 is 0 Å². The molecule has 2 aliphatic rings. The molecule has 1 heterocycles. The van der Waals surface area contributed by atoms with Gasteiger partial charge in [-0.3, -0.25) is 14.4 Å². The van der Waals surface area contributed by atoms with Crippen molar-refractivity contribution in [1.29, 1.82) is 0 Å². The summed E-state index contributed by atoms with van der Waals surface area (Å²) in [6, 6.07) is 0. The topological polar surface area (TPSA) is 104 Å². The summed E-state index contributed by atoms with van der Waals surface area (Å²) in [4.78, 5) is 36.1. The zero-order valence-electron chi connectivity index (χ0n) is 12.1. The summed E-state index contributed by atoms with van der Waals surface area (Å²) in [5, 5.41) is 18.2. The Hall–Kier alpha value is -1.63. The van der Waals surface area contributed by atoms with E-state index in [-0.39, 0.29) is 25.3 Å². The van der Waals surface area contributed by atoms with Crippen LogP contribution in [0, 0.1) is 11.8 Å². The Morgan fingerprint density at radius 3 is 2.24 bits per heavy atom. The van der Waals surface area contributed by atoms with E-state index in [1.165, 1.54) is 4.90 Å². The normalized spacial score (nSPS) is 27.8. The summed E-state index contributed by atoms with van der Waals surface area (Å²) in [6.07, 6.45) is 3.12. The van der Waals surface area contributed by atoms with Crippen LogP contribution in [0.15, 0.2) is 0 Å². The van der Waals surface area contributed by atoms with Gasteiger partial charge in [-0.25, -0.2) is 0 Å². The Morgan fingerprint density at radius 1 is 1.19 bits per heavy atom. The molecule has 1 saturated heterocycles. The minimum Gasteiger partial charge on any atom is -0.481 e. The number of carbonyl (C=O) groups excluding carboxylic acids is 1. The second-order valence-corrected chi connectivity index (χ2v) is 5.94. The number of ether oxygens (including phenoxy) is 1. The lowest BCUT2D eigenvalue weighted by atomic mass is 9.77. The maximum Gasteiger partial charge on any atom is 0.309 e. The van der Waals surface area contributed by atoms with Crippen LogP contribution in [-0.2, 0) is 19.1 Å². The van der Waals surface area contributed by atoms with E-state index >= 15 is 0 Å². The molecule has 2 N–H and O–H groups in total. The second kappa shape index (κ2) is 6.01. The number of piperidine rings is 1. The maximum absolute atomic E-state index is 12.3. The summed E-state index contributed by atoms with van der Waals surface area (Å²) in [6.45, 7) is 0.254. The Balaban J connectivity index is 2.00. The third-order valence-electron chi connectivity index (χ3n) is 4.77. The molecular formula is C14H21NO6. The lowest BCUT2D eigenvalue weighted by Gasteiger charge is -2.42. The highest BCUT2D eigenvalue weighted by atomic mass is 16.5. The van der Waals surface area contributed by atoms with Crippen molar-refractivity contribution < 1.29 is 29.3 Å². The molecule has 1 saturated carbocycles. The molecule has 7 heteroatoms. The first-order valence-corrected chi connectivity index (χ1v) is 7.17. The van der Waals surface area contributed by atoms with E-state index in [2.05, 4.69) is 0 Å². The van der Waals surface area contributed by atoms with Crippen LogP contribution in [0.2, 0.25) is 0 Å². The highest BCUT2D eigenvalue weighted by Gasteiger charge is 2.43. The van der Waals surface area contributed by atoms with Crippen LogP contribution in [0.3, 0.4) is 0 Å². The Labute approximate surface area is 122 Å². The number of methoxy groups -OCH3 is 1. The van der Waals surface area contributed by atoms with Gasteiger partial charge in [-0.15, -0.1) is 0 Å². The number of amides is 1. The third kappa shape index (κ3) is 3.18. The molecule has 2 fully saturated rings. The van der Waals surface area contributed by atoms with Gasteiger partial charge >= 0.3 is 11.9 Å². The molecule has 0 aromatic carbocycles. The first kappa shape index (κ1) is 15.8. The summed E-state index contributed by atoms with van der Waals surface area (Å²) in [5.41, 5.74) is -0.403. The molecule has 0 radical (unpaired) electrons. The van der Waals surface area contributed by atoms with Crippen molar-refractivity contribution in [2.75, 3.05) is 20.2 Å². The van der Waals surface area contributed by atoms with Crippen LogP contribution in [0.1, 0.15) is 32.1 Å². The van der Waals surface area contributed by atoms with Crippen LogP contribution in [0.4, 0.5) is 0 Å². The monoisotopic (exact) mass is 299 g/mol. The molecule has 1 aliphatic heterocycles. The summed E-state index contributed by atoms with van der Waals surface area (Å²) in [7, 11) is 1.59. The van der Waals surface area contributed by atoms with Crippen molar-refractivity contribution in [2.45, 2.75) is 37.7 Å². The SMILES string of the molecule is COC1(CC(=O)N2CCC(C(=O)O)C(C(=O)O)C2)CCC1. The van der Waals surface area contributed by atoms with Gasteiger partial charge in [-0.05, 0) is 25.7 Å². The van der Waals surface area contributed by atoms with E-state index in [4.69, 9.17) is 14.9 Å². The van der Waals surface area contributed by atoms with Crippen molar-refractivity contribution in [3.8, 4) is 0 Å². The molecule has 118 valence electrons.